The zero-order valence-electron chi connectivity index (χ0n) is 19.7. The van der Waals surface area contributed by atoms with E-state index in [2.05, 4.69) is 46.0 Å². The molecule has 0 saturated heterocycles. The van der Waals surface area contributed by atoms with Gasteiger partial charge in [0.05, 0.1) is 4.90 Å². The minimum absolute atomic E-state index is 0.272. The van der Waals surface area contributed by atoms with Crippen LogP contribution in [0.2, 0.25) is 0 Å². The summed E-state index contributed by atoms with van der Waals surface area (Å²) < 4.78 is 28.3. The van der Waals surface area contributed by atoms with Crippen LogP contribution in [-0.4, -0.2) is 57.5 Å². The van der Waals surface area contributed by atoms with Crippen molar-refractivity contribution in [2.75, 3.05) is 26.7 Å². The van der Waals surface area contributed by atoms with Crippen molar-refractivity contribution in [1.82, 2.24) is 20.3 Å². The predicted molar refractivity (Wildman–Crippen MR) is 126 cm³/mol. The maximum absolute atomic E-state index is 12.8. The number of nitrogens with one attached hydrogen (secondary N) is 3. The Morgan fingerprint density at radius 1 is 1.17 bits per heavy atom. The Morgan fingerprint density at radius 3 is 2.37 bits per heavy atom. The fraction of sp³-hybridized carbons (Fsp3) is 0.682. The summed E-state index contributed by atoms with van der Waals surface area (Å²) in [6, 6.07) is 7.32. The van der Waals surface area contributed by atoms with Gasteiger partial charge in [0.15, 0.2) is 5.96 Å². The van der Waals surface area contributed by atoms with Gasteiger partial charge in [0.25, 0.3) is 0 Å². The van der Waals surface area contributed by atoms with Crippen molar-refractivity contribution < 1.29 is 8.42 Å². The van der Waals surface area contributed by atoms with Gasteiger partial charge in [-0.2, -0.15) is 0 Å². The molecule has 1 rings (SSSR count). The SMILES string of the molecule is CCN(CC)CCCC(C)NC(=NC)NCc1ccccc1S(=O)(=O)NC(C)(C)C. The van der Waals surface area contributed by atoms with Gasteiger partial charge in [0.2, 0.25) is 10.0 Å². The van der Waals surface area contributed by atoms with E-state index in [1.165, 1.54) is 0 Å². The largest absolute Gasteiger partial charge is 0.354 e. The maximum Gasteiger partial charge on any atom is 0.241 e. The van der Waals surface area contributed by atoms with E-state index in [9.17, 15) is 8.42 Å². The van der Waals surface area contributed by atoms with Crippen molar-refractivity contribution in [2.45, 2.75) is 77.4 Å². The van der Waals surface area contributed by atoms with Gasteiger partial charge in [-0.25, -0.2) is 13.1 Å². The van der Waals surface area contributed by atoms with Crippen molar-refractivity contribution >= 4 is 16.0 Å². The highest BCUT2D eigenvalue weighted by atomic mass is 32.2. The van der Waals surface area contributed by atoms with E-state index in [1.807, 2.05) is 32.9 Å². The van der Waals surface area contributed by atoms with Gasteiger partial charge >= 0.3 is 0 Å². The lowest BCUT2D eigenvalue weighted by atomic mass is 10.1. The van der Waals surface area contributed by atoms with Gasteiger partial charge < -0.3 is 15.5 Å². The lowest BCUT2D eigenvalue weighted by molar-refractivity contribution is 0.292. The standard InChI is InChI=1S/C22H41N5O2S/c1-8-27(9-2)16-12-13-18(3)25-21(23-7)24-17-19-14-10-11-15-20(19)30(28,29)26-22(4,5)6/h10-11,14-15,18,26H,8-9,12-13,16-17H2,1-7H3,(H2,23,24,25). The molecule has 0 aromatic heterocycles. The Kier molecular flexibility index (Phi) is 10.8. The molecule has 0 fully saturated rings. The van der Waals surface area contributed by atoms with E-state index in [0.29, 0.717) is 18.1 Å². The molecule has 0 aliphatic heterocycles. The molecule has 7 nitrogen and oxygen atoms in total. The van der Waals surface area contributed by atoms with E-state index in [-0.39, 0.29) is 10.9 Å². The van der Waals surface area contributed by atoms with Crippen molar-refractivity contribution in [1.29, 1.82) is 0 Å². The minimum Gasteiger partial charge on any atom is -0.354 e. The van der Waals surface area contributed by atoms with Crippen LogP contribution in [0.5, 0.6) is 0 Å². The van der Waals surface area contributed by atoms with Gasteiger partial charge in [-0.3, -0.25) is 4.99 Å². The van der Waals surface area contributed by atoms with Gasteiger partial charge in [-0.15, -0.1) is 0 Å². The number of benzene rings is 1. The first-order valence-corrected chi connectivity index (χ1v) is 12.3. The molecule has 0 bridgehead atoms. The average molecular weight is 440 g/mol. The van der Waals surface area contributed by atoms with E-state index in [0.717, 1.165) is 32.5 Å². The van der Waals surface area contributed by atoms with Gasteiger partial charge in [-0.1, -0.05) is 32.0 Å². The van der Waals surface area contributed by atoms with E-state index < -0.39 is 15.6 Å². The number of guanidine groups is 1. The van der Waals surface area contributed by atoms with Crippen molar-refractivity contribution in [3.63, 3.8) is 0 Å². The Hall–Kier alpha value is -1.64. The summed E-state index contributed by atoms with van der Waals surface area (Å²) in [5, 5.41) is 6.65. The molecule has 30 heavy (non-hydrogen) atoms. The van der Waals surface area contributed by atoms with Gasteiger partial charge in [0.1, 0.15) is 0 Å². The Labute approximate surface area is 183 Å². The minimum atomic E-state index is -3.61. The summed E-state index contributed by atoms with van der Waals surface area (Å²) >= 11 is 0. The molecule has 1 atom stereocenters. The van der Waals surface area contributed by atoms with Crippen molar-refractivity contribution in [2.24, 2.45) is 4.99 Å². The third-order valence-corrected chi connectivity index (χ3v) is 6.62. The molecular weight excluding hydrogens is 398 g/mol. The molecule has 0 aliphatic rings. The van der Waals surface area contributed by atoms with E-state index >= 15 is 0 Å². The third kappa shape index (κ3) is 9.45. The van der Waals surface area contributed by atoms with Crippen LogP contribution >= 0.6 is 0 Å². The van der Waals surface area contributed by atoms with Crippen molar-refractivity contribution in [3.8, 4) is 0 Å². The lowest BCUT2D eigenvalue weighted by Gasteiger charge is -2.23. The molecule has 1 aromatic carbocycles. The molecule has 0 heterocycles. The fourth-order valence-corrected chi connectivity index (χ4v) is 4.87. The molecule has 3 N–H and O–H groups in total. The summed E-state index contributed by atoms with van der Waals surface area (Å²) in [5.41, 5.74) is 0.156. The van der Waals surface area contributed by atoms with E-state index in [1.54, 1.807) is 19.2 Å². The monoisotopic (exact) mass is 439 g/mol. The lowest BCUT2D eigenvalue weighted by Crippen LogP contribution is -2.43. The van der Waals surface area contributed by atoms with Crippen LogP contribution in [0.1, 0.15) is 59.9 Å². The summed E-state index contributed by atoms with van der Waals surface area (Å²) in [6.07, 6.45) is 2.16. The molecule has 1 aromatic rings. The quantitative estimate of drug-likeness (QED) is 0.365. The number of hydrogen-bond donors (Lipinski definition) is 3. The topological polar surface area (TPSA) is 85.8 Å². The highest BCUT2D eigenvalue weighted by Gasteiger charge is 2.24. The molecule has 0 aliphatic carbocycles. The van der Waals surface area contributed by atoms with Crippen LogP contribution in [0.15, 0.2) is 34.2 Å². The number of nitrogens with zero attached hydrogens (tertiary/aromatic N) is 2. The third-order valence-electron chi connectivity index (χ3n) is 4.76. The molecule has 172 valence electrons. The molecule has 0 saturated carbocycles. The van der Waals surface area contributed by atoms with Crippen LogP contribution in [0.3, 0.4) is 0 Å². The second-order valence-electron chi connectivity index (χ2n) is 8.60. The highest BCUT2D eigenvalue weighted by Crippen LogP contribution is 2.17. The zero-order chi connectivity index (χ0) is 22.8. The summed E-state index contributed by atoms with van der Waals surface area (Å²) in [6.45, 7) is 15.6. The van der Waals surface area contributed by atoms with Crippen molar-refractivity contribution in [3.05, 3.63) is 29.8 Å². The summed E-state index contributed by atoms with van der Waals surface area (Å²) in [5.74, 6) is 0.668. The number of sulfonamides is 1. The number of aliphatic imine (C=N–C) groups is 1. The molecule has 8 heteroatoms. The summed E-state index contributed by atoms with van der Waals surface area (Å²) in [4.78, 5) is 7.00. The highest BCUT2D eigenvalue weighted by molar-refractivity contribution is 7.89. The summed E-state index contributed by atoms with van der Waals surface area (Å²) in [7, 11) is -1.88. The smallest absolute Gasteiger partial charge is 0.241 e. The van der Waals surface area contributed by atoms with Crippen LogP contribution in [0.25, 0.3) is 0 Å². The molecular formula is C22H41N5O2S. The maximum atomic E-state index is 12.8. The van der Waals surface area contributed by atoms with Crippen LogP contribution in [0, 0.1) is 0 Å². The first-order valence-electron chi connectivity index (χ1n) is 10.8. The first kappa shape index (κ1) is 26.4. The second-order valence-corrected chi connectivity index (χ2v) is 10.3. The Bertz CT molecular complexity index is 768. The Morgan fingerprint density at radius 2 is 1.80 bits per heavy atom. The van der Waals surface area contributed by atoms with Crippen LogP contribution in [0.4, 0.5) is 0 Å². The van der Waals surface area contributed by atoms with Crippen LogP contribution < -0.4 is 15.4 Å². The normalized spacial score (nSPS) is 14.1. The number of rotatable bonds is 11. The zero-order valence-corrected chi connectivity index (χ0v) is 20.6. The molecule has 0 spiro atoms. The van der Waals surface area contributed by atoms with Gasteiger partial charge in [-0.05, 0) is 71.8 Å². The van der Waals surface area contributed by atoms with Crippen LogP contribution in [-0.2, 0) is 16.6 Å². The molecule has 0 amide bonds. The van der Waals surface area contributed by atoms with Gasteiger partial charge in [0, 0.05) is 25.2 Å². The molecule has 0 radical (unpaired) electrons. The predicted octanol–water partition coefficient (Wildman–Crippen LogP) is 2.94. The first-order chi connectivity index (χ1) is 14.0. The fourth-order valence-electron chi connectivity index (χ4n) is 3.21. The van der Waals surface area contributed by atoms with E-state index in [4.69, 9.17) is 0 Å². The molecule has 1 unspecified atom stereocenters. The Balaban J connectivity index is 2.70. The number of hydrogen-bond acceptors (Lipinski definition) is 4. The average Bonchev–Trinajstić information content (AvgIpc) is 2.66. The second kappa shape index (κ2) is 12.3.